The van der Waals surface area contributed by atoms with Crippen LogP contribution in [-0.2, 0) is 0 Å². The summed E-state index contributed by atoms with van der Waals surface area (Å²) in [6.45, 7) is 0. The second kappa shape index (κ2) is 10.4. The van der Waals surface area contributed by atoms with E-state index in [2.05, 4.69) is 53.5 Å². The molecule has 10 aromatic rings. The predicted molar refractivity (Wildman–Crippen MR) is 191 cm³/mol. The molecule has 0 saturated heterocycles. The smallest absolute Gasteiger partial charge is 0.164 e. The molecule has 0 fully saturated rings. The van der Waals surface area contributed by atoms with Crippen molar-refractivity contribution in [1.82, 2.24) is 19.9 Å². The summed E-state index contributed by atoms with van der Waals surface area (Å²) in [5.74, 6) is 1.71. The van der Waals surface area contributed by atoms with E-state index in [1.54, 1.807) is 6.20 Å². The number of furan rings is 2. The van der Waals surface area contributed by atoms with Crippen LogP contribution in [0.1, 0.15) is 0 Å². The Labute approximate surface area is 274 Å². The molecule has 6 aromatic carbocycles. The summed E-state index contributed by atoms with van der Waals surface area (Å²) in [5.41, 5.74) is 8.71. The number of para-hydroxylation sites is 1. The highest BCUT2D eigenvalue weighted by Crippen LogP contribution is 2.43. The largest absolute Gasteiger partial charge is 0.456 e. The monoisotopic (exact) mass is 616 g/mol. The average molecular weight is 617 g/mol. The highest BCUT2D eigenvalue weighted by molar-refractivity contribution is 6.18. The van der Waals surface area contributed by atoms with Crippen molar-refractivity contribution in [3.05, 3.63) is 146 Å². The lowest BCUT2D eigenvalue weighted by molar-refractivity contribution is 0.669. The molecule has 0 spiro atoms. The van der Waals surface area contributed by atoms with Crippen molar-refractivity contribution in [3.8, 4) is 45.3 Å². The van der Waals surface area contributed by atoms with Crippen molar-refractivity contribution in [1.29, 1.82) is 0 Å². The third-order valence-corrected chi connectivity index (χ3v) is 8.98. The number of nitrogens with zero attached hydrogens (tertiary/aromatic N) is 4. The number of hydrogen-bond donors (Lipinski definition) is 0. The maximum Gasteiger partial charge on any atom is 0.164 e. The maximum absolute atomic E-state index is 6.71. The Morgan fingerprint density at radius 3 is 1.94 bits per heavy atom. The molecule has 6 heteroatoms. The Morgan fingerprint density at radius 1 is 0.417 bits per heavy atom. The van der Waals surface area contributed by atoms with Gasteiger partial charge in [-0.2, -0.15) is 0 Å². The van der Waals surface area contributed by atoms with E-state index >= 15 is 0 Å². The second-order valence-corrected chi connectivity index (χ2v) is 11.8. The number of fused-ring (bicyclic) bond motifs is 7. The van der Waals surface area contributed by atoms with Crippen molar-refractivity contribution in [2.24, 2.45) is 0 Å². The molecule has 48 heavy (non-hydrogen) atoms. The lowest BCUT2D eigenvalue weighted by Crippen LogP contribution is -2.01. The third-order valence-electron chi connectivity index (χ3n) is 8.98. The van der Waals surface area contributed by atoms with Crippen LogP contribution in [0.25, 0.3) is 100 Å². The molecule has 0 N–H and O–H groups in total. The summed E-state index contributed by atoms with van der Waals surface area (Å²) in [5, 5.41) is 4.94. The van der Waals surface area contributed by atoms with Gasteiger partial charge in [0.2, 0.25) is 0 Å². The summed E-state index contributed by atoms with van der Waals surface area (Å²) < 4.78 is 13.0. The van der Waals surface area contributed by atoms with E-state index in [1.807, 2.05) is 91.0 Å². The Balaban J connectivity index is 1.30. The molecule has 4 heterocycles. The topological polar surface area (TPSA) is 77.8 Å². The summed E-state index contributed by atoms with van der Waals surface area (Å²) >= 11 is 0. The van der Waals surface area contributed by atoms with E-state index < -0.39 is 0 Å². The van der Waals surface area contributed by atoms with Gasteiger partial charge in [0, 0.05) is 61.4 Å². The van der Waals surface area contributed by atoms with Crippen LogP contribution in [0.2, 0.25) is 0 Å². The molecule has 0 unspecified atom stereocenters. The van der Waals surface area contributed by atoms with E-state index in [9.17, 15) is 0 Å². The number of hydrogen-bond acceptors (Lipinski definition) is 6. The molecule has 0 amide bonds. The van der Waals surface area contributed by atoms with Gasteiger partial charge in [-0.25, -0.2) is 15.0 Å². The first-order valence-electron chi connectivity index (χ1n) is 15.8. The minimum Gasteiger partial charge on any atom is -0.456 e. The van der Waals surface area contributed by atoms with Crippen LogP contribution in [0.5, 0.6) is 0 Å². The van der Waals surface area contributed by atoms with Gasteiger partial charge in [-0.15, -0.1) is 0 Å². The molecule has 0 aliphatic rings. The van der Waals surface area contributed by atoms with E-state index in [0.29, 0.717) is 17.5 Å². The second-order valence-electron chi connectivity index (χ2n) is 11.8. The van der Waals surface area contributed by atoms with Crippen LogP contribution in [0.3, 0.4) is 0 Å². The van der Waals surface area contributed by atoms with E-state index in [1.165, 1.54) is 0 Å². The quantitative estimate of drug-likeness (QED) is 0.196. The first-order chi connectivity index (χ1) is 23.8. The summed E-state index contributed by atoms with van der Waals surface area (Å²) in [7, 11) is 0. The number of benzene rings is 6. The van der Waals surface area contributed by atoms with Crippen LogP contribution in [-0.4, -0.2) is 19.9 Å². The fraction of sp³-hybridized carbons (Fsp3) is 0. The van der Waals surface area contributed by atoms with Crippen molar-refractivity contribution >= 4 is 54.8 Å². The Bertz CT molecular complexity index is 2840. The first-order valence-corrected chi connectivity index (χ1v) is 15.8. The third kappa shape index (κ3) is 4.13. The van der Waals surface area contributed by atoms with Gasteiger partial charge in [0.1, 0.15) is 22.3 Å². The number of pyridine rings is 1. The Morgan fingerprint density at radius 2 is 1.10 bits per heavy atom. The molecule has 6 nitrogen and oxygen atoms in total. The van der Waals surface area contributed by atoms with Gasteiger partial charge >= 0.3 is 0 Å². The van der Waals surface area contributed by atoms with Gasteiger partial charge in [0.15, 0.2) is 17.5 Å². The molecule has 10 rings (SSSR count). The van der Waals surface area contributed by atoms with Crippen LogP contribution in [0.15, 0.2) is 155 Å². The summed E-state index contributed by atoms with van der Waals surface area (Å²) in [6.07, 6.45) is 1.80. The standard InChI is InChI=1S/C42H24N4O2/c1-3-11-25(12-4-1)28-20-21-31(38-32-23-27-15-10-22-43-33(27)24-36(32)48-39(28)38)42-45-40(26-13-5-2-6-14-26)44-41(46-42)30-17-9-19-35-37(30)29-16-7-8-18-34(29)47-35/h1-24H. The minimum atomic E-state index is 0.558. The van der Waals surface area contributed by atoms with Crippen LogP contribution in [0.4, 0.5) is 0 Å². The molecular weight excluding hydrogens is 592 g/mol. The normalized spacial score (nSPS) is 11.8. The van der Waals surface area contributed by atoms with Crippen molar-refractivity contribution < 1.29 is 8.83 Å². The van der Waals surface area contributed by atoms with E-state index in [-0.39, 0.29) is 0 Å². The SMILES string of the molecule is c1ccc(-c2nc(-c3cccc4oc5ccccc5c34)nc(-c3ccc(-c4ccccc4)c4oc5cc6ncccc6cc5c34)n2)cc1. The highest BCUT2D eigenvalue weighted by Gasteiger charge is 2.22. The zero-order valence-electron chi connectivity index (χ0n) is 25.5. The fourth-order valence-corrected chi connectivity index (χ4v) is 6.77. The van der Waals surface area contributed by atoms with Gasteiger partial charge < -0.3 is 8.83 Å². The Hall–Kier alpha value is -6.66. The zero-order valence-corrected chi connectivity index (χ0v) is 25.5. The maximum atomic E-state index is 6.71. The van der Waals surface area contributed by atoms with Gasteiger partial charge in [-0.05, 0) is 42.0 Å². The first kappa shape index (κ1) is 26.5. The van der Waals surface area contributed by atoms with E-state index in [0.717, 1.165) is 82.6 Å². The molecular formula is C42H24N4O2. The van der Waals surface area contributed by atoms with Crippen molar-refractivity contribution in [2.75, 3.05) is 0 Å². The number of rotatable bonds is 4. The van der Waals surface area contributed by atoms with Gasteiger partial charge in [-0.1, -0.05) is 97.1 Å². The molecule has 0 radical (unpaired) electrons. The fourth-order valence-electron chi connectivity index (χ4n) is 6.77. The minimum absolute atomic E-state index is 0.558. The summed E-state index contributed by atoms with van der Waals surface area (Å²) in [4.78, 5) is 20.0. The zero-order chi connectivity index (χ0) is 31.6. The lowest BCUT2D eigenvalue weighted by atomic mass is 9.97. The molecule has 224 valence electrons. The Kier molecular flexibility index (Phi) is 5.77. The molecule has 0 saturated carbocycles. The highest BCUT2D eigenvalue weighted by atomic mass is 16.3. The van der Waals surface area contributed by atoms with Crippen LogP contribution >= 0.6 is 0 Å². The van der Waals surface area contributed by atoms with Crippen LogP contribution < -0.4 is 0 Å². The summed E-state index contributed by atoms with van der Waals surface area (Å²) in [6, 6.07) is 46.9. The molecule has 0 aliphatic carbocycles. The van der Waals surface area contributed by atoms with Gasteiger partial charge in [0.05, 0.1) is 5.52 Å². The van der Waals surface area contributed by atoms with Gasteiger partial charge in [0.25, 0.3) is 0 Å². The van der Waals surface area contributed by atoms with Gasteiger partial charge in [-0.3, -0.25) is 4.98 Å². The lowest BCUT2D eigenvalue weighted by Gasteiger charge is -2.11. The van der Waals surface area contributed by atoms with Crippen LogP contribution in [0, 0.1) is 0 Å². The van der Waals surface area contributed by atoms with E-state index in [4.69, 9.17) is 23.8 Å². The number of aromatic nitrogens is 4. The van der Waals surface area contributed by atoms with Crippen molar-refractivity contribution in [2.45, 2.75) is 0 Å². The average Bonchev–Trinajstić information content (AvgIpc) is 3.72. The molecule has 0 atom stereocenters. The predicted octanol–water partition coefficient (Wildman–Crippen LogP) is 10.9. The molecule has 0 bridgehead atoms. The molecule has 4 aromatic heterocycles. The molecule has 0 aliphatic heterocycles. The van der Waals surface area contributed by atoms with Crippen molar-refractivity contribution in [3.63, 3.8) is 0 Å².